The van der Waals surface area contributed by atoms with Crippen LogP contribution in [0.2, 0.25) is 0 Å². The van der Waals surface area contributed by atoms with Crippen molar-refractivity contribution < 1.29 is 4.79 Å². The van der Waals surface area contributed by atoms with Crippen LogP contribution in [0.5, 0.6) is 0 Å². The molecule has 0 spiro atoms. The van der Waals surface area contributed by atoms with Gasteiger partial charge in [0.15, 0.2) is 0 Å². The lowest BCUT2D eigenvalue weighted by atomic mass is 10.4. The first-order chi connectivity index (χ1) is 9.15. The van der Waals surface area contributed by atoms with E-state index < -0.39 is 0 Å². The van der Waals surface area contributed by atoms with Gasteiger partial charge in [-0.3, -0.25) is 4.79 Å². The van der Waals surface area contributed by atoms with Gasteiger partial charge in [0.05, 0.1) is 5.75 Å². The summed E-state index contributed by atoms with van der Waals surface area (Å²) in [5.74, 6) is 0.569. The molecule has 0 atom stereocenters. The summed E-state index contributed by atoms with van der Waals surface area (Å²) in [6.45, 7) is 7.96. The molecule has 1 rings (SSSR count). The predicted octanol–water partition coefficient (Wildman–Crippen LogP) is 3.00. The molecule has 106 valence electrons. The van der Waals surface area contributed by atoms with Crippen LogP contribution in [0.1, 0.15) is 13.8 Å². The van der Waals surface area contributed by atoms with E-state index in [1.165, 1.54) is 0 Å². The molecule has 0 radical (unpaired) electrons. The number of carbonyl (C=O) groups excluding carboxylic acids is 1. The van der Waals surface area contributed by atoms with E-state index in [1.54, 1.807) is 11.8 Å². The molecule has 1 aromatic rings. The molecule has 0 saturated heterocycles. The summed E-state index contributed by atoms with van der Waals surface area (Å²) in [6.07, 6.45) is 0. The lowest BCUT2D eigenvalue weighted by Gasteiger charge is -2.17. The zero-order valence-electron chi connectivity index (χ0n) is 11.5. The van der Waals surface area contributed by atoms with Crippen LogP contribution in [0.15, 0.2) is 33.6 Å². The molecule has 0 aromatic heterocycles. The fraction of sp³-hybridized carbons (Fsp3) is 0.500. The third kappa shape index (κ3) is 6.99. The van der Waals surface area contributed by atoms with Crippen molar-refractivity contribution in [2.45, 2.75) is 18.7 Å². The third-order valence-electron chi connectivity index (χ3n) is 2.83. The molecule has 0 aliphatic carbocycles. The van der Waals surface area contributed by atoms with E-state index in [0.29, 0.717) is 5.75 Å². The number of benzene rings is 1. The third-order valence-corrected chi connectivity index (χ3v) is 4.37. The quantitative estimate of drug-likeness (QED) is 0.735. The Kier molecular flexibility index (Phi) is 8.18. The van der Waals surface area contributed by atoms with Crippen LogP contribution in [0.4, 0.5) is 0 Å². The van der Waals surface area contributed by atoms with Crippen molar-refractivity contribution in [3.05, 3.63) is 28.7 Å². The van der Waals surface area contributed by atoms with Crippen molar-refractivity contribution in [1.29, 1.82) is 0 Å². The maximum absolute atomic E-state index is 11.7. The topological polar surface area (TPSA) is 32.3 Å². The molecule has 19 heavy (non-hydrogen) atoms. The molecule has 0 heterocycles. The second-order valence-electron chi connectivity index (χ2n) is 4.12. The van der Waals surface area contributed by atoms with Crippen molar-refractivity contribution >= 4 is 33.6 Å². The predicted molar refractivity (Wildman–Crippen MR) is 85.7 cm³/mol. The lowest BCUT2D eigenvalue weighted by molar-refractivity contribution is -0.118. The van der Waals surface area contributed by atoms with Crippen LogP contribution in [-0.4, -0.2) is 42.7 Å². The summed E-state index contributed by atoms with van der Waals surface area (Å²) in [5, 5.41) is 2.95. The number of halogens is 1. The Hall–Kier alpha value is -0.520. The molecule has 1 aromatic carbocycles. The minimum absolute atomic E-state index is 0.0973. The van der Waals surface area contributed by atoms with E-state index in [9.17, 15) is 4.79 Å². The molecule has 1 amide bonds. The Morgan fingerprint density at radius 1 is 1.26 bits per heavy atom. The maximum Gasteiger partial charge on any atom is 0.230 e. The first-order valence-corrected chi connectivity index (χ1v) is 8.31. The molecule has 3 nitrogen and oxygen atoms in total. The Labute approximate surface area is 128 Å². The number of likely N-dealkylation sites (N-methyl/N-ethyl adjacent to an activating group) is 1. The van der Waals surface area contributed by atoms with Gasteiger partial charge in [0.1, 0.15) is 0 Å². The van der Waals surface area contributed by atoms with Crippen molar-refractivity contribution in [1.82, 2.24) is 10.2 Å². The van der Waals surface area contributed by atoms with E-state index in [-0.39, 0.29) is 5.91 Å². The van der Waals surface area contributed by atoms with Gasteiger partial charge in [-0.2, -0.15) is 0 Å². The normalized spacial score (nSPS) is 10.7. The highest BCUT2D eigenvalue weighted by Crippen LogP contribution is 2.20. The zero-order valence-corrected chi connectivity index (χ0v) is 13.9. The minimum atomic E-state index is 0.0973. The first kappa shape index (κ1) is 16.5. The average molecular weight is 345 g/mol. The van der Waals surface area contributed by atoms with E-state index >= 15 is 0 Å². The maximum atomic E-state index is 11.7. The number of amides is 1. The lowest BCUT2D eigenvalue weighted by Crippen LogP contribution is -2.35. The van der Waals surface area contributed by atoms with Crippen LogP contribution in [0.3, 0.4) is 0 Å². The smallest absolute Gasteiger partial charge is 0.230 e. The van der Waals surface area contributed by atoms with Crippen LogP contribution in [0.25, 0.3) is 0 Å². The Morgan fingerprint density at radius 2 is 1.89 bits per heavy atom. The largest absolute Gasteiger partial charge is 0.354 e. The molecular weight excluding hydrogens is 324 g/mol. The van der Waals surface area contributed by atoms with Gasteiger partial charge in [-0.05, 0) is 37.4 Å². The van der Waals surface area contributed by atoms with Crippen LogP contribution in [0, 0.1) is 0 Å². The average Bonchev–Trinajstić information content (AvgIpc) is 2.43. The molecular formula is C14H21BrN2OS. The zero-order chi connectivity index (χ0) is 14.1. The highest BCUT2D eigenvalue weighted by molar-refractivity contribution is 9.10. The molecule has 0 aliphatic rings. The Balaban J connectivity index is 2.19. The Morgan fingerprint density at radius 3 is 2.47 bits per heavy atom. The van der Waals surface area contributed by atoms with E-state index in [4.69, 9.17) is 0 Å². The SMILES string of the molecule is CCN(CC)CCNC(=O)CSc1ccc(Br)cc1. The molecule has 0 saturated carbocycles. The van der Waals surface area contributed by atoms with Gasteiger partial charge in [0, 0.05) is 22.5 Å². The van der Waals surface area contributed by atoms with Crippen molar-refractivity contribution in [3.63, 3.8) is 0 Å². The number of thioether (sulfide) groups is 1. The van der Waals surface area contributed by atoms with Gasteiger partial charge in [-0.15, -0.1) is 11.8 Å². The van der Waals surface area contributed by atoms with Gasteiger partial charge >= 0.3 is 0 Å². The number of hydrogen-bond acceptors (Lipinski definition) is 3. The summed E-state index contributed by atoms with van der Waals surface area (Å²) in [6, 6.07) is 8.00. The van der Waals surface area contributed by atoms with Gasteiger partial charge in [0.2, 0.25) is 5.91 Å². The number of nitrogens with zero attached hydrogens (tertiary/aromatic N) is 1. The molecule has 0 aliphatic heterocycles. The van der Waals surface area contributed by atoms with Crippen LogP contribution >= 0.6 is 27.7 Å². The van der Waals surface area contributed by atoms with Crippen molar-refractivity contribution in [2.75, 3.05) is 31.9 Å². The van der Waals surface area contributed by atoms with Gasteiger partial charge in [-0.25, -0.2) is 0 Å². The number of rotatable bonds is 8. The number of hydrogen-bond donors (Lipinski definition) is 1. The van der Waals surface area contributed by atoms with Crippen LogP contribution < -0.4 is 5.32 Å². The second kappa shape index (κ2) is 9.39. The molecule has 5 heteroatoms. The molecule has 0 bridgehead atoms. The molecule has 0 unspecified atom stereocenters. The van der Waals surface area contributed by atoms with Crippen LogP contribution in [-0.2, 0) is 4.79 Å². The second-order valence-corrected chi connectivity index (χ2v) is 6.08. The monoisotopic (exact) mass is 344 g/mol. The standard InChI is InChI=1S/C14H21BrN2OS/c1-3-17(4-2)10-9-16-14(18)11-19-13-7-5-12(15)6-8-13/h5-8H,3-4,9-11H2,1-2H3,(H,16,18). The van der Waals surface area contributed by atoms with Gasteiger partial charge in [0.25, 0.3) is 0 Å². The summed E-state index contributed by atoms with van der Waals surface area (Å²) in [7, 11) is 0. The summed E-state index contributed by atoms with van der Waals surface area (Å²) < 4.78 is 1.06. The first-order valence-electron chi connectivity index (χ1n) is 6.53. The summed E-state index contributed by atoms with van der Waals surface area (Å²) in [5.41, 5.74) is 0. The fourth-order valence-electron chi connectivity index (χ4n) is 1.62. The fourth-order valence-corrected chi connectivity index (χ4v) is 2.62. The summed E-state index contributed by atoms with van der Waals surface area (Å²) in [4.78, 5) is 15.1. The number of nitrogens with one attached hydrogen (secondary N) is 1. The number of carbonyl (C=O) groups is 1. The van der Waals surface area contributed by atoms with E-state index in [1.807, 2.05) is 24.3 Å². The van der Waals surface area contributed by atoms with Gasteiger partial charge < -0.3 is 10.2 Å². The Bertz CT molecular complexity index is 380. The van der Waals surface area contributed by atoms with E-state index in [0.717, 1.165) is 35.5 Å². The van der Waals surface area contributed by atoms with Crippen molar-refractivity contribution in [2.24, 2.45) is 0 Å². The highest BCUT2D eigenvalue weighted by Gasteiger charge is 2.04. The van der Waals surface area contributed by atoms with Gasteiger partial charge in [-0.1, -0.05) is 29.8 Å². The van der Waals surface area contributed by atoms with Crippen molar-refractivity contribution in [3.8, 4) is 0 Å². The summed E-state index contributed by atoms with van der Waals surface area (Å²) >= 11 is 4.95. The molecule has 1 N–H and O–H groups in total. The molecule has 0 fully saturated rings. The highest BCUT2D eigenvalue weighted by atomic mass is 79.9. The minimum Gasteiger partial charge on any atom is -0.354 e. The van der Waals surface area contributed by atoms with E-state index in [2.05, 4.69) is 40.0 Å².